The van der Waals surface area contributed by atoms with Gasteiger partial charge in [0.1, 0.15) is 23.0 Å². The van der Waals surface area contributed by atoms with Gasteiger partial charge < -0.3 is 18.9 Å². The van der Waals surface area contributed by atoms with E-state index in [4.69, 9.17) is 18.9 Å². The van der Waals surface area contributed by atoms with Crippen LogP contribution >= 0.6 is 0 Å². The van der Waals surface area contributed by atoms with Crippen LogP contribution in [0, 0.1) is 29.6 Å². The highest BCUT2D eigenvalue weighted by atomic mass is 16.5. The van der Waals surface area contributed by atoms with Crippen molar-refractivity contribution in [2.24, 2.45) is 5.92 Å². The van der Waals surface area contributed by atoms with Crippen molar-refractivity contribution in [3.63, 3.8) is 0 Å². The molecule has 0 fully saturated rings. The lowest BCUT2D eigenvalue weighted by molar-refractivity contribution is 0.234. The maximum atomic E-state index is 6.33. The zero-order chi connectivity index (χ0) is 25.8. The van der Waals surface area contributed by atoms with Gasteiger partial charge in [-0.2, -0.15) is 0 Å². The molecule has 0 N–H and O–H groups in total. The van der Waals surface area contributed by atoms with Crippen molar-refractivity contribution in [3.05, 3.63) is 82.9 Å². The van der Waals surface area contributed by atoms with E-state index in [1.54, 1.807) is 21.3 Å². The molecule has 0 aromatic heterocycles. The first-order valence-electron chi connectivity index (χ1n) is 12.3. The maximum absolute atomic E-state index is 6.33. The fourth-order valence-electron chi connectivity index (χ4n) is 3.69. The van der Waals surface area contributed by atoms with Gasteiger partial charge in [0.25, 0.3) is 0 Å². The number of ether oxygens (including phenoxy) is 4. The van der Waals surface area contributed by atoms with Gasteiger partial charge >= 0.3 is 0 Å². The number of benzene rings is 3. The Kier molecular flexibility index (Phi) is 10.2. The van der Waals surface area contributed by atoms with Gasteiger partial charge in [-0.05, 0) is 60.9 Å². The lowest BCUT2D eigenvalue weighted by Crippen LogP contribution is -2.12. The summed E-state index contributed by atoms with van der Waals surface area (Å²) in [7, 11) is 4.94. The SMILES string of the molecule is CCCC(CC)COc1cc(C#Cc2ccc(OC)cc2)c(OC)cc1C#Cc1ccc(OC)cc1. The summed E-state index contributed by atoms with van der Waals surface area (Å²) < 4.78 is 22.5. The summed E-state index contributed by atoms with van der Waals surface area (Å²) >= 11 is 0. The Balaban J connectivity index is 1.98. The van der Waals surface area contributed by atoms with Crippen LogP contribution in [0.25, 0.3) is 0 Å². The Morgan fingerprint density at radius 1 is 0.639 bits per heavy atom. The maximum Gasteiger partial charge on any atom is 0.136 e. The standard InChI is InChI=1S/C32H34O4/c1-6-8-24(7-2)23-36-32-22-27(15-9-25-11-17-29(33-3)18-12-25)31(35-5)21-28(32)16-10-26-13-19-30(34-4)20-14-26/h11-14,17-22,24H,6-8,23H2,1-5H3. The average molecular weight is 483 g/mol. The van der Waals surface area contributed by atoms with E-state index in [0.717, 1.165) is 53.0 Å². The lowest BCUT2D eigenvalue weighted by atomic mass is 10.0. The summed E-state index contributed by atoms with van der Waals surface area (Å²) in [4.78, 5) is 0. The first kappa shape index (κ1) is 26.6. The molecule has 3 aromatic rings. The smallest absolute Gasteiger partial charge is 0.136 e. The summed E-state index contributed by atoms with van der Waals surface area (Å²) in [5.41, 5.74) is 3.30. The Morgan fingerprint density at radius 2 is 1.14 bits per heavy atom. The first-order valence-corrected chi connectivity index (χ1v) is 12.3. The summed E-state index contributed by atoms with van der Waals surface area (Å²) in [6, 6.07) is 19.2. The zero-order valence-electron chi connectivity index (χ0n) is 21.8. The van der Waals surface area contributed by atoms with Crippen LogP contribution in [-0.4, -0.2) is 27.9 Å². The number of rotatable bonds is 9. The molecule has 186 valence electrons. The molecule has 1 atom stereocenters. The van der Waals surface area contributed by atoms with Crippen molar-refractivity contribution in [1.82, 2.24) is 0 Å². The van der Waals surface area contributed by atoms with Crippen molar-refractivity contribution in [1.29, 1.82) is 0 Å². The molecule has 4 nitrogen and oxygen atoms in total. The molecule has 0 bridgehead atoms. The second-order valence-corrected chi connectivity index (χ2v) is 8.38. The Labute approximate surface area is 215 Å². The van der Waals surface area contributed by atoms with Gasteiger partial charge in [-0.1, -0.05) is 50.4 Å². The van der Waals surface area contributed by atoms with E-state index >= 15 is 0 Å². The van der Waals surface area contributed by atoms with Crippen LogP contribution in [0.4, 0.5) is 0 Å². The monoisotopic (exact) mass is 482 g/mol. The Morgan fingerprint density at radius 3 is 1.58 bits per heavy atom. The van der Waals surface area contributed by atoms with Crippen molar-refractivity contribution in [2.45, 2.75) is 33.1 Å². The third-order valence-electron chi connectivity index (χ3n) is 5.91. The van der Waals surface area contributed by atoms with Crippen LogP contribution < -0.4 is 18.9 Å². The van der Waals surface area contributed by atoms with Gasteiger partial charge in [-0.15, -0.1) is 0 Å². The molecule has 0 aliphatic rings. The van der Waals surface area contributed by atoms with Crippen molar-refractivity contribution in [3.8, 4) is 46.7 Å². The number of methoxy groups -OCH3 is 3. The van der Waals surface area contributed by atoms with E-state index in [1.165, 1.54) is 0 Å². The molecular formula is C32H34O4. The lowest BCUT2D eigenvalue weighted by Gasteiger charge is -2.17. The van der Waals surface area contributed by atoms with E-state index in [-0.39, 0.29) is 0 Å². The molecule has 1 unspecified atom stereocenters. The fourth-order valence-corrected chi connectivity index (χ4v) is 3.69. The molecule has 0 aliphatic carbocycles. The van der Waals surface area contributed by atoms with Crippen molar-refractivity contribution >= 4 is 0 Å². The van der Waals surface area contributed by atoms with E-state index < -0.39 is 0 Å². The van der Waals surface area contributed by atoms with Gasteiger partial charge in [-0.3, -0.25) is 0 Å². The van der Waals surface area contributed by atoms with E-state index in [0.29, 0.717) is 24.0 Å². The molecule has 3 rings (SSSR count). The first-order chi connectivity index (χ1) is 17.6. The van der Waals surface area contributed by atoms with Crippen LogP contribution in [0.15, 0.2) is 60.7 Å². The molecule has 0 saturated carbocycles. The highest BCUT2D eigenvalue weighted by Crippen LogP contribution is 2.29. The quantitative estimate of drug-likeness (QED) is 0.317. The summed E-state index contributed by atoms with van der Waals surface area (Å²) in [6.45, 7) is 5.04. The van der Waals surface area contributed by atoms with Crippen LogP contribution in [-0.2, 0) is 0 Å². The molecule has 3 aromatic carbocycles. The molecule has 0 aliphatic heterocycles. The molecule has 4 heteroatoms. The van der Waals surface area contributed by atoms with Gasteiger partial charge in [0, 0.05) is 23.3 Å². The minimum Gasteiger partial charge on any atom is -0.497 e. The van der Waals surface area contributed by atoms with Crippen molar-refractivity contribution < 1.29 is 18.9 Å². The highest BCUT2D eigenvalue weighted by Gasteiger charge is 2.12. The van der Waals surface area contributed by atoms with E-state index in [9.17, 15) is 0 Å². The largest absolute Gasteiger partial charge is 0.497 e. The van der Waals surface area contributed by atoms with Crippen molar-refractivity contribution in [2.75, 3.05) is 27.9 Å². The van der Waals surface area contributed by atoms with Crippen LogP contribution in [0.5, 0.6) is 23.0 Å². The Hall–Kier alpha value is -4.02. The van der Waals surface area contributed by atoms with Crippen LogP contribution in [0.1, 0.15) is 55.4 Å². The van der Waals surface area contributed by atoms with Gasteiger partial charge in [0.05, 0.1) is 39.1 Å². The van der Waals surface area contributed by atoms with Gasteiger partial charge in [-0.25, -0.2) is 0 Å². The van der Waals surface area contributed by atoms with Gasteiger partial charge in [0.15, 0.2) is 0 Å². The normalized spacial score (nSPS) is 10.8. The molecule has 0 radical (unpaired) electrons. The molecule has 0 amide bonds. The van der Waals surface area contributed by atoms with Crippen LogP contribution in [0.3, 0.4) is 0 Å². The topological polar surface area (TPSA) is 36.9 Å². The molecular weight excluding hydrogens is 448 g/mol. The molecule has 0 heterocycles. The predicted molar refractivity (Wildman–Crippen MR) is 145 cm³/mol. The Bertz CT molecular complexity index is 1240. The number of hydrogen-bond acceptors (Lipinski definition) is 4. The summed E-state index contributed by atoms with van der Waals surface area (Å²) in [5.74, 6) is 16.4. The minimum atomic E-state index is 0.494. The minimum absolute atomic E-state index is 0.494. The summed E-state index contributed by atoms with van der Waals surface area (Å²) in [5, 5.41) is 0. The molecule has 0 saturated heterocycles. The van der Waals surface area contributed by atoms with Crippen LogP contribution in [0.2, 0.25) is 0 Å². The third-order valence-corrected chi connectivity index (χ3v) is 5.91. The highest BCUT2D eigenvalue weighted by molar-refractivity contribution is 5.60. The third kappa shape index (κ3) is 7.49. The zero-order valence-corrected chi connectivity index (χ0v) is 21.8. The fraction of sp³-hybridized carbons (Fsp3) is 0.312. The molecule has 0 spiro atoms. The summed E-state index contributed by atoms with van der Waals surface area (Å²) in [6.07, 6.45) is 3.33. The molecule has 36 heavy (non-hydrogen) atoms. The predicted octanol–water partition coefficient (Wildman–Crippen LogP) is 6.72. The number of hydrogen-bond donors (Lipinski definition) is 0. The average Bonchev–Trinajstić information content (AvgIpc) is 2.93. The van der Waals surface area contributed by atoms with E-state index in [2.05, 4.69) is 37.5 Å². The van der Waals surface area contributed by atoms with Gasteiger partial charge in [0.2, 0.25) is 0 Å². The second kappa shape index (κ2) is 13.8. The van der Waals surface area contributed by atoms with E-state index in [1.807, 2.05) is 60.7 Å². The second-order valence-electron chi connectivity index (χ2n) is 8.38.